The number of aromatic nitrogens is 1. The summed E-state index contributed by atoms with van der Waals surface area (Å²) in [7, 11) is 0. The predicted molar refractivity (Wildman–Crippen MR) is 92.7 cm³/mol. The molecule has 3 heterocycles. The standard InChI is InChI=1S/C17H26N4OS/c1-13(22)21(15-2-3-15)16-19-14(11-23-16)10-20-9-6-17(12-20)4-7-18-8-5-17/h11,15,18H,2-10,12H2,1H3. The van der Waals surface area contributed by atoms with Gasteiger partial charge >= 0.3 is 0 Å². The summed E-state index contributed by atoms with van der Waals surface area (Å²) in [6.45, 7) is 7.32. The molecule has 0 atom stereocenters. The average molecular weight is 334 g/mol. The molecule has 4 rings (SSSR count). The molecule has 3 aliphatic rings. The molecule has 2 saturated heterocycles. The summed E-state index contributed by atoms with van der Waals surface area (Å²) in [6.07, 6.45) is 6.19. The average Bonchev–Trinajstić information content (AvgIpc) is 3.13. The Hall–Kier alpha value is -0.980. The molecule has 0 aromatic carbocycles. The third-order valence-electron chi connectivity index (χ3n) is 5.56. The second-order valence-corrected chi connectivity index (χ2v) is 8.29. The fraction of sp³-hybridized carbons (Fsp3) is 0.765. The number of amides is 1. The van der Waals surface area contributed by atoms with Crippen LogP contribution < -0.4 is 10.2 Å². The van der Waals surface area contributed by atoms with Gasteiger partial charge in [-0.1, -0.05) is 0 Å². The van der Waals surface area contributed by atoms with E-state index in [0.29, 0.717) is 11.5 Å². The van der Waals surface area contributed by atoms with Crippen LogP contribution in [0.1, 0.15) is 44.7 Å². The number of thiazole rings is 1. The van der Waals surface area contributed by atoms with Crippen molar-refractivity contribution >= 4 is 22.4 Å². The third kappa shape index (κ3) is 3.30. The zero-order valence-corrected chi connectivity index (χ0v) is 14.7. The van der Waals surface area contributed by atoms with Crippen LogP contribution in [-0.4, -0.2) is 48.0 Å². The monoisotopic (exact) mass is 334 g/mol. The molecule has 0 bridgehead atoms. The van der Waals surface area contributed by atoms with Crippen molar-refractivity contribution in [1.82, 2.24) is 15.2 Å². The first-order valence-electron chi connectivity index (χ1n) is 8.83. The van der Waals surface area contributed by atoms with Crippen molar-refractivity contribution in [1.29, 1.82) is 0 Å². The maximum absolute atomic E-state index is 11.9. The minimum atomic E-state index is 0.128. The van der Waals surface area contributed by atoms with E-state index in [1.807, 2.05) is 4.90 Å². The summed E-state index contributed by atoms with van der Waals surface area (Å²) in [4.78, 5) is 21.1. The molecule has 126 valence electrons. The van der Waals surface area contributed by atoms with Gasteiger partial charge in [-0.2, -0.15) is 0 Å². The Morgan fingerprint density at radius 2 is 2.22 bits per heavy atom. The van der Waals surface area contributed by atoms with Crippen LogP contribution in [0.4, 0.5) is 5.13 Å². The minimum absolute atomic E-state index is 0.128. The van der Waals surface area contributed by atoms with E-state index in [2.05, 4.69) is 15.6 Å². The molecule has 1 N–H and O–H groups in total. The highest BCUT2D eigenvalue weighted by atomic mass is 32.1. The first-order chi connectivity index (χ1) is 11.2. The van der Waals surface area contributed by atoms with E-state index in [9.17, 15) is 4.79 Å². The molecule has 2 aliphatic heterocycles. The first-order valence-corrected chi connectivity index (χ1v) is 9.70. The normalized spacial score (nSPS) is 24.2. The van der Waals surface area contributed by atoms with Crippen molar-refractivity contribution in [2.75, 3.05) is 31.1 Å². The molecule has 0 radical (unpaired) electrons. The quantitative estimate of drug-likeness (QED) is 0.917. The van der Waals surface area contributed by atoms with E-state index in [1.165, 1.54) is 45.4 Å². The number of hydrogen-bond donors (Lipinski definition) is 1. The molecular formula is C17H26N4OS. The first kappa shape index (κ1) is 15.5. The van der Waals surface area contributed by atoms with E-state index in [0.717, 1.165) is 30.2 Å². The maximum atomic E-state index is 11.9. The minimum Gasteiger partial charge on any atom is -0.317 e. The Morgan fingerprint density at radius 1 is 1.43 bits per heavy atom. The van der Waals surface area contributed by atoms with Crippen LogP contribution in [0.5, 0.6) is 0 Å². The van der Waals surface area contributed by atoms with Gasteiger partial charge in [0.1, 0.15) is 0 Å². The van der Waals surface area contributed by atoms with Gasteiger partial charge in [-0.3, -0.25) is 14.6 Å². The zero-order valence-electron chi connectivity index (χ0n) is 13.9. The number of nitrogens with zero attached hydrogens (tertiary/aromatic N) is 3. The van der Waals surface area contributed by atoms with Crippen molar-refractivity contribution in [2.45, 2.75) is 51.6 Å². The molecular weight excluding hydrogens is 308 g/mol. The largest absolute Gasteiger partial charge is 0.317 e. The molecule has 5 nitrogen and oxygen atoms in total. The summed E-state index contributed by atoms with van der Waals surface area (Å²) in [6, 6.07) is 0.399. The van der Waals surface area contributed by atoms with Gasteiger partial charge in [-0.05, 0) is 57.2 Å². The lowest BCUT2D eigenvalue weighted by atomic mass is 9.78. The van der Waals surface area contributed by atoms with Gasteiger partial charge in [0.25, 0.3) is 0 Å². The van der Waals surface area contributed by atoms with Crippen LogP contribution in [0.3, 0.4) is 0 Å². The fourth-order valence-electron chi connectivity index (χ4n) is 4.12. The van der Waals surface area contributed by atoms with Crippen molar-refractivity contribution in [3.63, 3.8) is 0 Å². The number of carbonyl (C=O) groups excluding carboxylic acids is 1. The summed E-state index contributed by atoms with van der Waals surface area (Å²) in [5.74, 6) is 0.128. The predicted octanol–water partition coefficient (Wildman–Crippen LogP) is 2.23. The van der Waals surface area contributed by atoms with Crippen LogP contribution in [0.25, 0.3) is 0 Å². The Labute approximate surface area is 142 Å². The SMILES string of the molecule is CC(=O)N(c1nc(CN2CCC3(CCNCC3)C2)cs1)C1CC1. The number of piperidine rings is 1. The number of rotatable bonds is 4. The fourth-order valence-corrected chi connectivity index (χ4v) is 5.05. The smallest absolute Gasteiger partial charge is 0.225 e. The number of anilines is 1. The van der Waals surface area contributed by atoms with E-state index < -0.39 is 0 Å². The lowest BCUT2D eigenvalue weighted by molar-refractivity contribution is -0.116. The molecule has 3 fully saturated rings. The summed E-state index contributed by atoms with van der Waals surface area (Å²) in [5.41, 5.74) is 1.67. The number of carbonyl (C=O) groups is 1. The van der Waals surface area contributed by atoms with E-state index >= 15 is 0 Å². The Bertz CT molecular complexity index is 577. The second-order valence-electron chi connectivity index (χ2n) is 7.45. The molecule has 23 heavy (non-hydrogen) atoms. The number of hydrogen-bond acceptors (Lipinski definition) is 5. The van der Waals surface area contributed by atoms with Crippen molar-refractivity contribution in [3.8, 4) is 0 Å². The molecule has 1 aromatic heterocycles. The van der Waals surface area contributed by atoms with Crippen LogP contribution in [-0.2, 0) is 11.3 Å². The van der Waals surface area contributed by atoms with Gasteiger partial charge < -0.3 is 5.32 Å². The van der Waals surface area contributed by atoms with Crippen molar-refractivity contribution < 1.29 is 4.79 Å². The molecule has 0 unspecified atom stereocenters. The second kappa shape index (κ2) is 6.15. The molecule has 1 saturated carbocycles. The van der Waals surface area contributed by atoms with E-state index in [-0.39, 0.29) is 5.91 Å². The molecule has 1 spiro atoms. The van der Waals surface area contributed by atoms with Gasteiger partial charge in [0.05, 0.1) is 5.69 Å². The maximum Gasteiger partial charge on any atom is 0.225 e. The number of likely N-dealkylation sites (tertiary alicyclic amines) is 1. The molecule has 1 aliphatic carbocycles. The summed E-state index contributed by atoms with van der Waals surface area (Å²) < 4.78 is 0. The molecule has 6 heteroatoms. The lowest BCUT2D eigenvalue weighted by Gasteiger charge is -2.33. The van der Waals surface area contributed by atoms with Gasteiger partial charge in [0.15, 0.2) is 5.13 Å². The highest BCUT2D eigenvalue weighted by molar-refractivity contribution is 7.14. The van der Waals surface area contributed by atoms with Gasteiger partial charge in [-0.25, -0.2) is 4.98 Å². The van der Waals surface area contributed by atoms with Crippen LogP contribution in [0.15, 0.2) is 5.38 Å². The zero-order chi connectivity index (χ0) is 15.9. The third-order valence-corrected chi connectivity index (χ3v) is 6.45. The van der Waals surface area contributed by atoms with Gasteiger partial charge in [0, 0.05) is 31.4 Å². The highest BCUT2D eigenvalue weighted by Gasteiger charge is 2.39. The van der Waals surface area contributed by atoms with Crippen LogP contribution in [0, 0.1) is 5.41 Å². The van der Waals surface area contributed by atoms with Gasteiger partial charge in [0.2, 0.25) is 5.91 Å². The Morgan fingerprint density at radius 3 is 2.91 bits per heavy atom. The van der Waals surface area contributed by atoms with E-state index in [4.69, 9.17) is 4.98 Å². The molecule has 1 amide bonds. The van der Waals surface area contributed by atoms with Gasteiger partial charge in [-0.15, -0.1) is 11.3 Å². The number of nitrogens with one attached hydrogen (secondary N) is 1. The Balaban J connectivity index is 1.39. The molecule has 1 aromatic rings. The Kier molecular flexibility index (Phi) is 4.15. The lowest BCUT2D eigenvalue weighted by Crippen LogP contribution is -2.38. The topological polar surface area (TPSA) is 48.5 Å². The van der Waals surface area contributed by atoms with Crippen LogP contribution >= 0.6 is 11.3 Å². The van der Waals surface area contributed by atoms with Crippen LogP contribution in [0.2, 0.25) is 0 Å². The van der Waals surface area contributed by atoms with Crippen molar-refractivity contribution in [2.24, 2.45) is 5.41 Å². The highest BCUT2D eigenvalue weighted by Crippen LogP contribution is 2.39. The van der Waals surface area contributed by atoms with Crippen molar-refractivity contribution in [3.05, 3.63) is 11.1 Å². The van der Waals surface area contributed by atoms with E-state index in [1.54, 1.807) is 18.3 Å². The summed E-state index contributed by atoms with van der Waals surface area (Å²) >= 11 is 1.62. The summed E-state index contributed by atoms with van der Waals surface area (Å²) in [5, 5.41) is 6.51.